The third-order valence-corrected chi connectivity index (χ3v) is 12.3. The van der Waals surface area contributed by atoms with Crippen LogP contribution in [0.2, 0.25) is 0 Å². The number of hydrogen-bond donors (Lipinski definition) is 3. The molecule has 0 aromatic rings. The van der Waals surface area contributed by atoms with Crippen LogP contribution in [0.15, 0.2) is 36.5 Å². The number of amides is 1. The Kier molecular flexibility index (Phi) is 49.8. The second-order valence-corrected chi connectivity index (χ2v) is 18.3. The quantitative estimate of drug-likeness (QED) is 0.0423. The van der Waals surface area contributed by atoms with Crippen molar-refractivity contribution in [3.63, 3.8) is 0 Å². The Labute approximate surface area is 370 Å². The lowest BCUT2D eigenvalue weighted by atomic mass is 10.0. The molecule has 0 radical (unpaired) electrons. The monoisotopic (exact) mass is 828 g/mol. The Balaban J connectivity index is 3.49. The van der Waals surface area contributed by atoms with Gasteiger partial charge in [0.1, 0.15) is 0 Å². The average Bonchev–Trinajstić information content (AvgIpc) is 3.24. The number of carbonyl (C=O) groups excluding carboxylic acids is 1. The molecule has 2 atom stereocenters. The number of aliphatic hydroxyl groups is 2. The lowest BCUT2D eigenvalue weighted by molar-refractivity contribution is -0.123. The van der Waals surface area contributed by atoms with Crippen LogP contribution < -0.4 is 5.32 Å². The first-order valence-corrected chi connectivity index (χ1v) is 26.7. The van der Waals surface area contributed by atoms with Gasteiger partial charge in [-0.3, -0.25) is 4.79 Å². The summed E-state index contributed by atoms with van der Waals surface area (Å²) in [4.78, 5) is 12.4. The van der Waals surface area contributed by atoms with Gasteiger partial charge in [-0.1, -0.05) is 262 Å². The van der Waals surface area contributed by atoms with Gasteiger partial charge in [-0.15, -0.1) is 0 Å². The minimum atomic E-state index is -0.865. The van der Waals surface area contributed by atoms with E-state index in [0.717, 1.165) is 44.9 Å². The number of carbonyl (C=O) groups is 1. The predicted octanol–water partition coefficient (Wildman–Crippen LogP) is 17.3. The fourth-order valence-electron chi connectivity index (χ4n) is 8.25. The molecule has 4 heteroatoms. The van der Waals surface area contributed by atoms with Gasteiger partial charge in [-0.05, 0) is 57.8 Å². The van der Waals surface area contributed by atoms with Gasteiger partial charge >= 0.3 is 0 Å². The van der Waals surface area contributed by atoms with E-state index in [4.69, 9.17) is 0 Å². The Hall–Kier alpha value is -1.39. The fourth-order valence-corrected chi connectivity index (χ4v) is 8.25. The maximum atomic E-state index is 12.4. The molecule has 59 heavy (non-hydrogen) atoms. The third kappa shape index (κ3) is 47.5. The maximum absolute atomic E-state index is 12.4. The second kappa shape index (κ2) is 51.0. The van der Waals surface area contributed by atoms with E-state index in [0.29, 0.717) is 6.42 Å². The van der Waals surface area contributed by atoms with Gasteiger partial charge in [-0.25, -0.2) is 0 Å². The van der Waals surface area contributed by atoms with Crippen molar-refractivity contribution in [3.8, 4) is 0 Å². The molecule has 0 fully saturated rings. The standard InChI is InChI=1S/C55H105NO3/c1-3-5-7-9-11-13-15-17-19-20-21-22-23-24-25-26-27-28-29-30-31-32-33-34-35-37-38-40-42-44-46-48-50-54(58)53(52-57)56-55(59)51-49-47-45-43-41-39-36-18-16-14-12-10-8-6-4-2/h18,36,40,42,48,50,53-54,57-58H,3-17,19-35,37-39,41,43-47,49,51-52H2,1-2H3,(H,56,59)/b36-18-,42-40+,50-48+. The van der Waals surface area contributed by atoms with Crippen molar-refractivity contribution in [2.24, 2.45) is 0 Å². The van der Waals surface area contributed by atoms with Crippen LogP contribution in [0.25, 0.3) is 0 Å². The summed E-state index contributed by atoms with van der Waals surface area (Å²) in [6.07, 6.45) is 68.8. The summed E-state index contributed by atoms with van der Waals surface area (Å²) in [5, 5.41) is 23.1. The molecule has 0 aliphatic rings. The van der Waals surface area contributed by atoms with Gasteiger partial charge in [0, 0.05) is 6.42 Å². The molecule has 348 valence electrons. The van der Waals surface area contributed by atoms with Crippen LogP contribution in [0.4, 0.5) is 0 Å². The van der Waals surface area contributed by atoms with Crippen LogP contribution in [0.5, 0.6) is 0 Å². The summed E-state index contributed by atoms with van der Waals surface area (Å²) in [6, 6.07) is -0.643. The molecular formula is C55H105NO3. The first kappa shape index (κ1) is 57.6. The second-order valence-electron chi connectivity index (χ2n) is 18.3. The molecule has 0 heterocycles. The van der Waals surface area contributed by atoms with Crippen LogP contribution in [0.1, 0.15) is 290 Å². The molecule has 0 saturated carbocycles. The van der Waals surface area contributed by atoms with E-state index in [1.54, 1.807) is 6.08 Å². The Morgan fingerprint density at radius 3 is 0.983 bits per heavy atom. The summed E-state index contributed by atoms with van der Waals surface area (Å²) >= 11 is 0. The molecule has 0 aromatic heterocycles. The van der Waals surface area contributed by atoms with Gasteiger partial charge in [-0.2, -0.15) is 0 Å². The topological polar surface area (TPSA) is 69.6 Å². The zero-order chi connectivity index (χ0) is 42.8. The van der Waals surface area contributed by atoms with E-state index in [-0.39, 0.29) is 12.5 Å². The fraction of sp³-hybridized carbons (Fsp3) is 0.873. The first-order valence-electron chi connectivity index (χ1n) is 26.7. The van der Waals surface area contributed by atoms with Crippen molar-refractivity contribution in [3.05, 3.63) is 36.5 Å². The van der Waals surface area contributed by atoms with Crippen LogP contribution >= 0.6 is 0 Å². The highest BCUT2D eigenvalue weighted by Crippen LogP contribution is 2.17. The smallest absolute Gasteiger partial charge is 0.220 e. The Morgan fingerprint density at radius 2 is 0.661 bits per heavy atom. The largest absolute Gasteiger partial charge is 0.394 e. The molecule has 2 unspecified atom stereocenters. The zero-order valence-electron chi connectivity index (χ0n) is 40.0. The molecule has 3 N–H and O–H groups in total. The van der Waals surface area contributed by atoms with E-state index < -0.39 is 12.1 Å². The van der Waals surface area contributed by atoms with Crippen LogP contribution in [0, 0.1) is 0 Å². The van der Waals surface area contributed by atoms with E-state index in [1.165, 1.54) is 225 Å². The molecule has 0 bridgehead atoms. The average molecular weight is 828 g/mol. The van der Waals surface area contributed by atoms with Gasteiger partial charge in [0.2, 0.25) is 5.91 Å². The van der Waals surface area contributed by atoms with E-state index in [1.807, 2.05) is 6.08 Å². The first-order chi connectivity index (χ1) is 29.2. The zero-order valence-corrected chi connectivity index (χ0v) is 40.0. The van der Waals surface area contributed by atoms with Crippen molar-refractivity contribution >= 4 is 5.91 Å². The van der Waals surface area contributed by atoms with Crippen molar-refractivity contribution in [1.82, 2.24) is 5.32 Å². The molecular weight excluding hydrogens is 723 g/mol. The van der Waals surface area contributed by atoms with Crippen LogP contribution in [0.3, 0.4) is 0 Å². The molecule has 0 rings (SSSR count). The van der Waals surface area contributed by atoms with E-state index in [2.05, 4.69) is 43.5 Å². The van der Waals surface area contributed by atoms with Gasteiger partial charge < -0.3 is 15.5 Å². The third-order valence-electron chi connectivity index (χ3n) is 12.3. The highest BCUT2D eigenvalue weighted by Gasteiger charge is 2.17. The van der Waals surface area contributed by atoms with Crippen molar-refractivity contribution in [1.29, 1.82) is 0 Å². The number of unbranched alkanes of at least 4 members (excludes halogenated alkanes) is 38. The summed E-state index contributed by atoms with van der Waals surface area (Å²) in [5.74, 6) is -0.0805. The summed E-state index contributed by atoms with van der Waals surface area (Å²) in [7, 11) is 0. The molecule has 4 nitrogen and oxygen atoms in total. The maximum Gasteiger partial charge on any atom is 0.220 e. The van der Waals surface area contributed by atoms with Gasteiger partial charge in [0.25, 0.3) is 0 Å². The van der Waals surface area contributed by atoms with E-state index >= 15 is 0 Å². The Morgan fingerprint density at radius 1 is 0.390 bits per heavy atom. The van der Waals surface area contributed by atoms with Gasteiger partial charge in [0.15, 0.2) is 0 Å². The molecule has 1 amide bonds. The SMILES string of the molecule is CCCCCCCC/C=C\CCCCCCCC(=O)NC(CO)C(O)/C=C/CC/C=C/CCCCCCCCCCCCCCCCCCCCCCCCCCCC. The predicted molar refractivity (Wildman–Crippen MR) is 262 cm³/mol. The summed E-state index contributed by atoms with van der Waals surface area (Å²) < 4.78 is 0. The number of nitrogens with one attached hydrogen (secondary N) is 1. The molecule has 0 saturated heterocycles. The van der Waals surface area contributed by atoms with Gasteiger partial charge in [0.05, 0.1) is 18.8 Å². The molecule has 0 aliphatic heterocycles. The number of rotatable bonds is 49. The highest BCUT2D eigenvalue weighted by atomic mass is 16.3. The molecule has 0 aliphatic carbocycles. The Bertz CT molecular complexity index is 897. The summed E-state index contributed by atoms with van der Waals surface area (Å²) in [5.41, 5.74) is 0. The molecule has 0 spiro atoms. The van der Waals surface area contributed by atoms with Crippen molar-refractivity contribution < 1.29 is 15.0 Å². The van der Waals surface area contributed by atoms with Crippen molar-refractivity contribution in [2.75, 3.05) is 6.61 Å². The number of aliphatic hydroxyl groups excluding tert-OH is 2. The number of allylic oxidation sites excluding steroid dienone is 5. The van der Waals surface area contributed by atoms with E-state index in [9.17, 15) is 15.0 Å². The lowest BCUT2D eigenvalue weighted by Crippen LogP contribution is -2.45. The van der Waals surface area contributed by atoms with Crippen LogP contribution in [-0.2, 0) is 4.79 Å². The van der Waals surface area contributed by atoms with Crippen molar-refractivity contribution in [2.45, 2.75) is 302 Å². The normalized spacial score (nSPS) is 13.1. The molecule has 0 aromatic carbocycles. The minimum absolute atomic E-state index is 0.0805. The lowest BCUT2D eigenvalue weighted by Gasteiger charge is -2.19. The highest BCUT2D eigenvalue weighted by molar-refractivity contribution is 5.76. The van der Waals surface area contributed by atoms with Crippen LogP contribution in [-0.4, -0.2) is 34.9 Å². The minimum Gasteiger partial charge on any atom is -0.394 e. The summed E-state index contributed by atoms with van der Waals surface area (Å²) in [6.45, 7) is 4.31. The number of hydrogen-bond acceptors (Lipinski definition) is 3.